The molecule has 2 bridgehead atoms. The minimum Gasteiger partial charge on any atom is -0.483 e. The Morgan fingerprint density at radius 1 is 1.21 bits per heavy atom. The summed E-state index contributed by atoms with van der Waals surface area (Å²) in [6.45, 7) is 6.57. The van der Waals surface area contributed by atoms with Crippen molar-refractivity contribution in [3.63, 3.8) is 0 Å². The quantitative estimate of drug-likeness (QED) is 0.234. The van der Waals surface area contributed by atoms with Gasteiger partial charge >= 0.3 is 12.1 Å². The summed E-state index contributed by atoms with van der Waals surface area (Å²) >= 11 is 0. The van der Waals surface area contributed by atoms with Gasteiger partial charge in [0.25, 0.3) is 0 Å². The zero-order valence-electron chi connectivity index (χ0n) is 23.5. The van der Waals surface area contributed by atoms with Crippen LogP contribution in [0, 0.1) is 0 Å². The number of likely N-dealkylation sites (tertiary alicyclic amines) is 1. The molecule has 6 rings (SSSR count). The summed E-state index contributed by atoms with van der Waals surface area (Å²) < 4.78 is 51.0. The van der Waals surface area contributed by atoms with Gasteiger partial charge in [-0.05, 0) is 67.6 Å². The lowest BCUT2D eigenvalue weighted by Gasteiger charge is -2.64. The van der Waals surface area contributed by atoms with Crippen LogP contribution in [0.4, 0.5) is 13.2 Å². The maximum Gasteiger partial charge on any atom is 0.416 e. The van der Waals surface area contributed by atoms with Gasteiger partial charge in [-0.1, -0.05) is 24.3 Å². The highest BCUT2D eigenvalue weighted by atomic mass is 19.4. The molecule has 4 aliphatic rings. The molecule has 42 heavy (non-hydrogen) atoms. The fraction of sp³-hybridized carbons (Fsp3) is 0.438. The molecule has 1 spiro atoms. The van der Waals surface area contributed by atoms with E-state index >= 15 is 0 Å². The molecule has 1 saturated carbocycles. The molecule has 10 heteroatoms. The molecule has 222 valence electrons. The monoisotopic (exact) mass is 582 g/mol. The number of carbonyl (C=O) groups excluding carboxylic acids is 2. The summed E-state index contributed by atoms with van der Waals surface area (Å²) in [6.07, 6.45) is 1.75. The van der Waals surface area contributed by atoms with E-state index in [0.717, 1.165) is 23.3 Å². The third kappa shape index (κ3) is 4.18. The number of aliphatic hydroxyl groups is 1. The minimum absolute atomic E-state index is 0.171. The first-order valence-electron chi connectivity index (χ1n) is 14.1. The first-order valence-corrected chi connectivity index (χ1v) is 14.1. The van der Waals surface area contributed by atoms with Gasteiger partial charge in [0.2, 0.25) is 5.91 Å². The average Bonchev–Trinajstić information content (AvgIpc) is 3.29. The molecule has 2 aromatic rings. The predicted octanol–water partition coefficient (Wildman–Crippen LogP) is 4.51. The molecule has 2 aliphatic carbocycles. The summed E-state index contributed by atoms with van der Waals surface area (Å²) in [5, 5.41) is 12.6. The largest absolute Gasteiger partial charge is 0.483 e. The molecular formula is C32H33F3N2O5. The summed E-state index contributed by atoms with van der Waals surface area (Å²) in [5.41, 5.74) is -0.345. The Kier molecular flexibility index (Phi) is 6.77. The van der Waals surface area contributed by atoms with Crippen molar-refractivity contribution in [3.8, 4) is 11.5 Å². The van der Waals surface area contributed by atoms with Crippen LogP contribution >= 0.6 is 0 Å². The Hall–Kier alpha value is -3.63. The normalized spacial score (nSPS) is 29.5. The van der Waals surface area contributed by atoms with Gasteiger partial charge in [-0.25, -0.2) is 0 Å². The summed E-state index contributed by atoms with van der Waals surface area (Å²) in [5.74, 6) is -0.0635. The second kappa shape index (κ2) is 9.98. The topological polar surface area (TPSA) is 79.3 Å². The van der Waals surface area contributed by atoms with Crippen molar-refractivity contribution in [2.75, 3.05) is 20.1 Å². The van der Waals surface area contributed by atoms with Crippen LogP contribution in [0.15, 0.2) is 55.1 Å². The number of esters is 1. The molecule has 2 heterocycles. The van der Waals surface area contributed by atoms with E-state index in [0.29, 0.717) is 55.8 Å². The maximum atomic E-state index is 13.4. The highest BCUT2D eigenvalue weighted by Crippen LogP contribution is 2.66. The van der Waals surface area contributed by atoms with Crippen molar-refractivity contribution >= 4 is 18.0 Å². The molecule has 5 atom stereocenters. The average molecular weight is 583 g/mol. The van der Waals surface area contributed by atoms with Crippen molar-refractivity contribution < 1.29 is 37.3 Å². The number of hydrogen-bond acceptors (Lipinski definition) is 6. The summed E-state index contributed by atoms with van der Waals surface area (Å²) in [7, 11) is 1.68. The van der Waals surface area contributed by atoms with Crippen LogP contribution in [0.3, 0.4) is 0 Å². The number of hydrogen-bond donors (Lipinski definition) is 1. The third-order valence-electron chi connectivity index (χ3n) is 9.65. The lowest BCUT2D eigenvalue weighted by Crippen LogP contribution is -2.78. The number of alkyl halides is 3. The van der Waals surface area contributed by atoms with E-state index in [1.54, 1.807) is 18.0 Å². The molecule has 0 radical (unpaired) electrons. The summed E-state index contributed by atoms with van der Waals surface area (Å²) in [6, 6.07) is 7.70. The van der Waals surface area contributed by atoms with Crippen LogP contribution in [-0.2, 0) is 27.6 Å². The highest BCUT2D eigenvalue weighted by Gasteiger charge is 2.73. The van der Waals surface area contributed by atoms with E-state index in [1.165, 1.54) is 31.2 Å². The number of ether oxygens (including phenoxy) is 2. The fourth-order valence-corrected chi connectivity index (χ4v) is 7.84. The van der Waals surface area contributed by atoms with E-state index in [1.807, 2.05) is 12.1 Å². The fourth-order valence-electron chi connectivity index (χ4n) is 7.84. The second-order valence-corrected chi connectivity index (χ2v) is 11.7. The second-order valence-electron chi connectivity index (χ2n) is 11.7. The van der Waals surface area contributed by atoms with Crippen LogP contribution in [-0.4, -0.2) is 70.7 Å². The number of carbonyl (C=O) groups is 2. The van der Waals surface area contributed by atoms with Crippen molar-refractivity contribution in [1.82, 2.24) is 9.80 Å². The van der Waals surface area contributed by atoms with Crippen LogP contribution in [0.1, 0.15) is 48.4 Å². The Morgan fingerprint density at radius 2 is 1.95 bits per heavy atom. The molecule has 1 N–H and O–H groups in total. The van der Waals surface area contributed by atoms with Crippen LogP contribution in [0.5, 0.6) is 11.5 Å². The van der Waals surface area contributed by atoms with Gasteiger partial charge in [0, 0.05) is 38.2 Å². The van der Waals surface area contributed by atoms with Crippen LogP contribution in [0.25, 0.3) is 6.08 Å². The van der Waals surface area contributed by atoms with Gasteiger partial charge in [-0.15, -0.1) is 6.58 Å². The zero-order chi connectivity index (χ0) is 30.0. The van der Waals surface area contributed by atoms with E-state index in [9.17, 15) is 27.9 Å². The number of halogens is 3. The number of likely N-dealkylation sites (N-methyl/N-ethyl adjacent to an activating group) is 1. The Labute approximate surface area is 242 Å². The van der Waals surface area contributed by atoms with Crippen molar-refractivity contribution in [2.24, 2.45) is 0 Å². The van der Waals surface area contributed by atoms with Gasteiger partial charge < -0.3 is 19.5 Å². The Morgan fingerprint density at radius 3 is 2.62 bits per heavy atom. The molecule has 7 nitrogen and oxygen atoms in total. The molecule has 1 amide bonds. The van der Waals surface area contributed by atoms with Gasteiger partial charge in [0.15, 0.2) is 11.5 Å². The van der Waals surface area contributed by atoms with Crippen molar-refractivity contribution in [3.05, 3.63) is 77.4 Å². The number of piperidine rings is 1. The number of benzene rings is 2. The first-order chi connectivity index (χ1) is 19.9. The van der Waals surface area contributed by atoms with Crippen molar-refractivity contribution in [2.45, 2.75) is 68.0 Å². The summed E-state index contributed by atoms with van der Waals surface area (Å²) in [4.78, 5) is 29.2. The SMILES string of the molecule is C=CCN1CC[C@]23c4c5ccc(OC(C)=O)c4O[C@H]2[C@H](N(C)C(=O)C=Cc2ccc(C(F)(F)F)cc2)CC[C@@]3(O)[C@H]1C5. The Bertz CT molecular complexity index is 1470. The van der Waals surface area contributed by atoms with Gasteiger partial charge in [-0.2, -0.15) is 13.2 Å². The van der Waals surface area contributed by atoms with Crippen molar-refractivity contribution in [1.29, 1.82) is 0 Å². The van der Waals surface area contributed by atoms with Gasteiger partial charge in [0.1, 0.15) is 6.10 Å². The number of amides is 1. The predicted molar refractivity (Wildman–Crippen MR) is 149 cm³/mol. The number of rotatable bonds is 6. The molecule has 2 aliphatic heterocycles. The van der Waals surface area contributed by atoms with Crippen LogP contribution in [0.2, 0.25) is 0 Å². The molecule has 0 unspecified atom stereocenters. The van der Waals surface area contributed by atoms with Gasteiger partial charge in [-0.3, -0.25) is 14.5 Å². The van der Waals surface area contributed by atoms with E-state index in [2.05, 4.69) is 11.5 Å². The molecule has 0 aromatic heterocycles. The van der Waals surface area contributed by atoms with E-state index in [4.69, 9.17) is 9.47 Å². The lowest BCUT2D eigenvalue weighted by molar-refractivity contribution is -0.198. The Balaban J connectivity index is 1.35. The standard InChI is InChI=1S/C32H33F3N2O5/c1-4-16-37-17-15-30-27-21-8-11-24(41-19(2)38)28(27)42-29(30)23(13-14-31(30,40)25(37)18-21)36(3)26(39)12-7-20-5-9-22(10-6-20)32(33,34)35/h4-12,23,25,29,40H,1,13-18H2,2-3H3/t23-,25-,29+,30+,31-/m1/s1. The highest BCUT2D eigenvalue weighted by molar-refractivity contribution is 5.92. The maximum absolute atomic E-state index is 13.4. The molecular weight excluding hydrogens is 549 g/mol. The smallest absolute Gasteiger partial charge is 0.416 e. The van der Waals surface area contributed by atoms with Crippen LogP contribution < -0.4 is 9.47 Å². The zero-order valence-corrected chi connectivity index (χ0v) is 23.5. The minimum atomic E-state index is -4.44. The van der Waals surface area contributed by atoms with E-state index in [-0.39, 0.29) is 11.9 Å². The molecule has 1 saturated heterocycles. The first kappa shape index (κ1) is 28.5. The van der Waals surface area contributed by atoms with Gasteiger partial charge in [0.05, 0.1) is 22.6 Å². The molecule has 2 fully saturated rings. The third-order valence-corrected chi connectivity index (χ3v) is 9.65. The molecule has 2 aromatic carbocycles. The lowest BCUT2D eigenvalue weighted by atomic mass is 9.48. The number of nitrogens with zero attached hydrogens (tertiary/aromatic N) is 2. The van der Waals surface area contributed by atoms with E-state index < -0.39 is 40.9 Å².